The van der Waals surface area contributed by atoms with E-state index in [0.717, 1.165) is 30.5 Å². The quantitative estimate of drug-likeness (QED) is 0.812. The summed E-state index contributed by atoms with van der Waals surface area (Å²) in [6.07, 6.45) is 4.28. The number of nitrogens with zero attached hydrogens (tertiary/aromatic N) is 3. The van der Waals surface area contributed by atoms with Gasteiger partial charge < -0.3 is 15.0 Å². The van der Waals surface area contributed by atoms with E-state index in [9.17, 15) is 0 Å². The van der Waals surface area contributed by atoms with E-state index in [-0.39, 0.29) is 0 Å². The van der Waals surface area contributed by atoms with E-state index < -0.39 is 0 Å². The zero-order chi connectivity index (χ0) is 16.1. The molecule has 0 unspecified atom stereocenters. The Bertz CT molecular complexity index is 623. The first-order valence-corrected chi connectivity index (χ1v) is 8.14. The molecule has 1 saturated carbocycles. The van der Waals surface area contributed by atoms with Gasteiger partial charge in [-0.2, -0.15) is 0 Å². The molecule has 3 rings (SSSR count). The van der Waals surface area contributed by atoms with E-state index >= 15 is 0 Å². The summed E-state index contributed by atoms with van der Waals surface area (Å²) in [6.45, 7) is 2.37. The number of rotatable bonds is 8. The third-order valence-electron chi connectivity index (χ3n) is 3.82. The van der Waals surface area contributed by atoms with Crippen LogP contribution < -0.4 is 10.1 Å². The van der Waals surface area contributed by atoms with E-state index in [1.807, 2.05) is 38.5 Å². The van der Waals surface area contributed by atoms with Crippen molar-refractivity contribution in [2.75, 3.05) is 32.6 Å². The largest absolute Gasteiger partial charge is 0.492 e. The molecule has 1 aromatic carbocycles. The molecule has 1 aliphatic rings. The highest BCUT2D eigenvalue weighted by molar-refractivity contribution is 5.36. The van der Waals surface area contributed by atoms with Crippen molar-refractivity contribution >= 4 is 5.82 Å². The molecule has 2 aromatic rings. The zero-order valence-electron chi connectivity index (χ0n) is 13.8. The van der Waals surface area contributed by atoms with Crippen molar-refractivity contribution in [3.05, 3.63) is 47.9 Å². The van der Waals surface area contributed by atoms with Gasteiger partial charge in [-0.25, -0.2) is 9.97 Å². The minimum Gasteiger partial charge on any atom is -0.492 e. The molecule has 5 heteroatoms. The van der Waals surface area contributed by atoms with E-state index in [0.29, 0.717) is 12.5 Å². The van der Waals surface area contributed by atoms with Gasteiger partial charge in [-0.05, 0) is 50.7 Å². The van der Waals surface area contributed by atoms with Crippen LogP contribution in [0.15, 0.2) is 36.5 Å². The molecule has 0 spiro atoms. The SMILES string of the molecule is CN(C)CCOc1ccc(CNc2ccnc(C3CC3)n2)cc1. The predicted molar refractivity (Wildman–Crippen MR) is 91.8 cm³/mol. The van der Waals surface area contributed by atoms with Gasteiger partial charge >= 0.3 is 0 Å². The number of ether oxygens (including phenoxy) is 1. The van der Waals surface area contributed by atoms with Gasteiger partial charge in [0.1, 0.15) is 24.0 Å². The summed E-state index contributed by atoms with van der Waals surface area (Å²) in [5.41, 5.74) is 1.21. The van der Waals surface area contributed by atoms with E-state index in [1.165, 1.54) is 18.4 Å². The van der Waals surface area contributed by atoms with Gasteiger partial charge in [0.15, 0.2) is 0 Å². The molecule has 0 aliphatic heterocycles. The lowest BCUT2D eigenvalue weighted by Gasteiger charge is -2.11. The number of hydrogen-bond acceptors (Lipinski definition) is 5. The van der Waals surface area contributed by atoms with Crippen LogP contribution in [0.25, 0.3) is 0 Å². The van der Waals surface area contributed by atoms with Gasteiger partial charge in [0.25, 0.3) is 0 Å². The Labute approximate surface area is 137 Å². The van der Waals surface area contributed by atoms with Crippen molar-refractivity contribution in [2.45, 2.75) is 25.3 Å². The van der Waals surface area contributed by atoms with Crippen LogP contribution in [-0.2, 0) is 6.54 Å². The maximum Gasteiger partial charge on any atom is 0.133 e. The monoisotopic (exact) mass is 312 g/mol. The second kappa shape index (κ2) is 7.42. The highest BCUT2D eigenvalue weighted by atomic mass is 16.5. The maximum atomic E-state index is 5.70. The highest BCUT2D eigenvalue weighted by Gasteiger charge is 2.26. The van der Waals surface area contributed by atoms with E-state index in [2.05, 4.69) is 32.3 Å². The molecule has 1 aromatic heterocycles. The van der Waals surface area contributed by atoms with Crippen LogP contribution in [0.1, 0.15) is 30.1 Å². The van der Waals surface area contributed by atoms with Gasteiger partial charge in [0.05, 0.1) is 0 Å². The predicted octanol–water partition coefficient (Wildman–Crippen LogP) is 2.91. The van der Waals surface area contributed by atoms with Crippen LogP contribution in [0, 0.1) is 0 Å². The number of nitrogens with one attached hydrogen (secondary N) is 1. The fourth-order valence-electron chi connectivity index (χ4n) is 2.25. The number of likely N-dealkylation sites (N-methyl/N-ethyl adjacent to an activating group) is 1. The fourth-order valence-corrected chi connectivity index (χ4v) is 2.25. The van der Waals surface area contributed by atoms with Crippen LogP contribution >= 0.6 is 0 Å². The molecule has 0 radical (unpaired) electrons. The molecule has 23 heavy (non-hydrogen) atoms. The summed E-state index contributed by atoms with van der Waals surface area (Å²) in [5, 5.41) is 3.36. The molecular formula is C18H24N4O. The third kappa shape index (κ3) is 4.93. The molecule has 122 valence electrons. The van der Waals surface area contributed by atoms with Gasteiger partial charge in [0, 0.05) is 25.2 Å². The summed E-state index contributed by atoms with van der Waals surface area (Å²) in [6, 6.07) is 10.1. The Kier molecular flexibility index (Phi) is 5.08. The Morgan fingerprint density at radius 3 is 2.65 bits per heavy atom. The molecule has 0 amide bonds. The lowest BCUT2D eigenvalue weighted by Crippen LogP contribution is -2.19. The molecule has 1 N–H and O–H groups in total. The van der Waals surface area contributed by atoms with Crippen molar-refractivity contribution in [3.63, 3.8) is 0 Å². The van der Waals surface area contributed by atoms with Gasteiger partial charge in [0.2, 0.25) is 0 Å². The van der Waals surface area contributed by atoms with Gasteiger partial charge in [-0.3, -0.25) is 0 Å². The minimum absolute atomic E-state index is 0.579. The van der Waals surface area contributed by atoms with Gasteiger partial charge in [-0.1, -0.05) is 12.1 Å². The fraction of sp³-hybridized carbons (Fsp3) is 0.444. The molecule has 1 heterocycles. The second-order valence-corrected chi connectivity index (χ2v) is 6.22. The van der Waals surface area contributed by atoms with Crippen molar-refractivity contribution < 1.29 is 4.74 Å². The molecule has 1 aliphatic carbocycles. The first-order chi connectivity index (χ1) is 11.2. The lowest BCUT2D eigenvalue weighted by molar-refractivity contribution is 0.261. The second-order valence-electron chi connectivity index (χ2n) is 6.22. The summed E-state index contributed by atoms with van der Waals surface area (Å²) in [5.74, 6) is 3.36. The Hall–Kier alpha value is -2.14. The molecule has 0 atom stereocenters. The van der Waals surface area contributed by atoms with Crippen LogP contribution in [0.4, 0.5) is 5.82 Å². The highest BCUT2D eigenvalue weighted by Crippen LogP contribution is 2.38. The van der Waals surface area contributed by atoms with Crippen molar-refractivity contribution in [2.24, 2.45) is 0 Å². The first-order valence-electron chi connectivity index (χ1n) is 8.14. The van der Waals surface area contributed by atoms with Crippen molar-refractivity contribution in [1.29, 1.82) is 0 Å². The first kappa shape index (κ1) is 15.7. The molecule has 5 nitrogen and oxygen atoms in total. The number of hydrogen-bond donors (Lipinski definition) is 1. The minimum atomic E-state index is 0.579. The summed E-state index contributed by atoms with van der Waals surface area (Å²) < 4.78 is 5.70. The number of aromatic nitrogens is 2. The van der Waals surface area contributed by atoms with Crippen LogP contribution in [0.3, 0.4) is 0 Å². The summed E-state index contributed by atoms with van der Waals surface area (Å²) in [4.78, 5) is 11.0. The topological polar surface area (TPSA) is 50.3 Å². The summed E-state index contributed by atoms with van der Waals surface area (Å²) in [7, 11) is 4.08. The average molecular weight is 312 g/mol. The molecule has 1 fully saturated rings. The van der Waals surface area contributed by atoms with E-state index in [4.69, 9.17) is 4.74 Å². The third-order valence-corrected chi connectivity index (χ3v) is 3.82. The molecular weight excluding hydrogens is 288 g/mol. The van der Waals surface area contributed by atoms with Crippen LogP contribution in [0.5, 0.6) is 5.75 Å². The maximum absolute atomic E-state index is 5.70. The average Bonchev–Trinajstić information content (AvgIpc) is 3.39. The van der Waals surface area contributed by atoms with Crippen LogP contribution in [-0.4, -0.2) is 42.1 Å². The zero-order valence-corrected chi connectivity index (χ0v) is 13.8. The normalized spacial score (nSPS) is 14.0. The van der Waals surface area contributed by atoms with Crippen molar-refractivity contribution in [3.8, 4) is 5.75 Å². The van der Waals surface area contributed by atoms with Crippen LogP contribution in [0.2, 0.25) is 0 Å². The Balaban J connectivity index is 1.49. The van der Waals surface area contributed by atoms with E-state index in [1.54, 1.807) is 0 Å². The van der Waals surface area contributed by atoms with Gasteiger partial charge in [-0.15, -0.1) is 0 Å². The molecule has 0 saturated heterocycles. The lowest BCUT2D eigenvalue weighted by atomic mass is 10.2. The summed E-state index contributed by atoms with van der Waals surface area (Å²) >= 11 is 0. The van der Waals surface area contributed by atoms with Crippen molar-refractivity contribution in [1.82, 2.24) is 14.9 Å². The standard InChI is InChI=1S/C18H24N4O/c1-22(2)11-12-23-16-7-3-14(4-8-16)13-20-17-9-10-19-18(21-17)15-5-6-15/h3-4,7-10,15H,5-6,11-13H2,1-2H3,(H,19,20,21). The Morgan fingerprint density at radius 1 is 1.17 bits per heavy atom. The number of benzene rings is 1. The molecule has 0 bridgehead atoms. The Morgan fingerprint density at radius 2 is 1.96 bits per heavy atom. The number of anilines is 1. The smallest absolute Gasteiger partial charge is 0.133 e.